The van der Waals surface area contributed by atoms with Crippen molar-refractivity contribution in [1.82, 2.24) is 0 Å². The minimum Gasteiger partial charge on any atom is -0.394 e. The van der Waals surface area contributed by atoms with Gasteiger partial charge in [-0.05, 0) is 5.56 Å². The normalized spacial score (nSPS) is 35.3. The maximum absolute atomic E-state index is 9.76. The highest BCUT2D eigenvalue weighted by atomic mass is 16.7. The molecule has 0 amide bonds. The summed E-state index contributed by atoms with van der Waals surface area (Å²) >= 11 is 0. The molecule has 1 heterocycles. The number of aliphatic hydroxyl groups excluding tert-OH is 4. The summed E-state index contributed by atoms with van der Waals surface area (Å²) in [6, 6.07) is 9.28. The molecule has 0 spiro atoms. The molecule has 4 N–H and O–H groups in total. The quantitative estimate of drug-likeness (QED) is 0.560. The summed E-state index contributed by atoms with van der Waals surface area (Å²) in [6.45, 7) is -0.264. The van der Waals surface area contributed by atoms with Crippen LogP contribution in [0.25, 0.3) is 0 Å². The summed E-state index contributed by atoms with van der Waals surface area (Å²) in [4.78, 5) is 0. The molecule has 19 heavy (non-hydrogen) atoms. The predicted octanol–water partition coefficient (Wildman–Crippen LogP) is -0.997. The van der Waals surface area contributed by atoms with Gasteiger partial charge >= 0.3 is 0 Å². The Hall–Kier alpha value is -1.02. The second-order valence-electron chi connectivity index (χ2n) is 4.49. The Morgan fingerprint density at radius 2 is 1.68 bits per heavy atom. The average Bonchev–Trinajstić information content (AvgIpc) is 2.45. The third-order valence-corrected chi connectivity index (χ3v) is 3.11. The van der Waals surface area contributed by atoms with Crippen molar-refractivity contribution < 1.29 is 29.9 Å². The standard InChI is InChI=1S/C13H18O6/c14-6-9-10(15)11(16)12(17)13(19-9)18-7-8-4-2-1-3-5-8/h1-5,9-17H,6-7H2/t9-,10+,11-,12+,13+/m1/s1. The molecular formula is C13H18O6. The number of aliphatic hydroxyl groups is 4. The van der Waals surface area contributed by atoms with Gasteiger partial charge in [-0.25, -0.2) is 0 Å². The van der Waals surface area contributed by atoms with E-state index in [1.54, 1.807) is 0 Å². The molecule has 0 saturated carbocycles. The Morgan fingerprint density at radius 3 is 2.32 bits per heavy atom. The summed E-state index contributed by atoms with van der Waals surface area (Å²) in [7, 11) is 0. The van der Waals surface area contributed by atoms with Crippen molar-refractivity contribution in [3.05, 3.63) is 35.9 Å². The molecule has 1 aliphatic rings. The van der Waals surface area contributed by atoms with Crippen molar-refractivity contribution in [3.63, 3.8) is 0 Å². The van der Waals surface area contributed by atoms with Gasteiger partial charge in [0.25, 0.3) is 0 Å². The van der Waals surface area contributed by atoms with Crippen LogP contribution < -0.4 is 0 Å². The van der Waals surface area contributed by atoms with Crippen LogP contribution in [-0.2, 0) is 16.1 Å². The van der Waals surface area contributed by atoms with Crippen LogP contribution in [0.5, 0.6) is 0 Å². The molecule has 0 bridgehead atoms. The highest BCUT2D eigenvalue weighted by Crippen LogP contribution is 2.22. The van der Waals surface area contributed by atoms with Gasteiger partial charge in [0.2, 0.25) is 0 Å². The van der Waals surface area contributed by atoms with E-state index in [0.29, 0.717) is 0 Å². The van der Waals surface area contributed by atoms with Crippen LogP contribution in [0.4, 0.5) is 0 Å². The zero-order chi connectivity index (χ0) is 13.8. The van der Waals surface area contributed by atoms with Gasteiger partial charge in [-0.3, -0.25) is 0 Å². The minimum absolute atomic E-state index is 0.198. The molecule has 0 unspecified atom stereocenters. The number of hydrogen-bond acceptors (Lipinski definition) is 6. The van der Waals surface area contributed by atoms with Gasteiger partial charge in [0, 0.05) is 0 Å². The topological polar surface area (TPSA) is 99.4 Å². The highest BCUT2D eigenvalue weighted by Gasteiger charge is 2.43. The molecule has 1 saturated heterocycles. The molecule has 6 nitrogen and oxygen atoms in total. The first-order valence-electron chi connectivity index (χ1n) is 6.09. The monoisotopic (exact) mass is 270 g/mol. The van der Waals surface area contributed by atoms with Gasteiger partial charge in [-0.2, -0.15) is 0 Å². The van der Waals surface area contributed by atoms with Gasteiger partial charge in [0.05, 0.1) is 13.2 Å². The summed E-state index contributed by atoms with van der Waals surface area (Å²) in [5, 5.41) is 38.0. The first-order valence-corrected chi connectivity index (χ1v) is 6.09. The van der Waals surface area contributed by atoms with Crippen LogP contribution in [0.2, 0.25) is 0 Å². The molecule has 1 aliphatic heterocycles. The number of rotatable bonds is 4. The maximum atomic E-state index is 9.76. The fourth-order valence-corrected chi connectivity index (χ4v) is 1.96. The van der Waals surface area contributed by atoms with Gasteiger partial charge in [0.1, 0.15) is 24.4 Å². The lowest BCUT2D eigenvalue weighted by Gasteiger charge is -2.39. The van der Waals surface area contributed by atoms with E-state index in [2.05, 4.69) is 0 Å². The van der Waals surface area contributed by atoms with Crippen molar-refractivity contribution in [3.8, 4) is 0 Å². The van der Waals surface area contributed by atoms with Gasteiger partial charge < -0.3 is 29.9 Å². The smallest absolute Gasteiger partial charge is 0.187 e. The van der Waals surface area contributed by atoms with E-state index in [-0.39, 0.29) is 6.61 Å². The molecule has 0 aliphatic carbocycles. The van der Waals surface area contributed by atoms with Crippen molar-refractivity contribution >= 4 is 0 Å². The average molecular weight is 270 g/mol. The Kier molecular flexibility index (Phi) is 4.87. The maximum Gasteiger partial charge on any atom is 0.187 e. The second kappa shape index (κ2) is 6.42. The molecular weight excluding hydrogens is 252 g/mol. The van der Waals surface area contributed by atoms with Crippen LogP contribution >= 0.6 is 0 Å². The summed E-state index contributed by atoms with van der Waals surface area (Å²) in [5.74, 6) is 0. The van der Waals surface area contributed by atoms with Gasteiger partial charge in [-0.15, -0.1) is 0 Å². The van der Waals surface area contributed by atoms with Crippen molar-refractivity contribution in [2.24, 2.45) is 0 Å². The molecule has 0 aromatic heterocycles. The molecule has 1 aromatic carbocycles. The second-order valence-corrected chi connectivity index (χ2v) is 4.49. The molecule has 6 heteroatoms. The van der Waals surface area contributed by atoms with E-state index in [1.165, 1.54) is 0 Å². The van der Waals surface area contributed by atoms with E-state index in [1.807, 2.05) is 30.3 Å². The zero-order valence-corrected chi connectivity index (χ0v) is 10.3. The Balaban J connectivity index is 1.95. The lowest BCUT2D eigenvalue weighted by atomic mass is 9.99. The Labute approximate surface area is 110 Å². The number of ether oxygens (including phenoxy) is 2. The largest absolute Gasteiger partial charge is 0.394 e. The lowest BCUT2D eigenvalue weighted by molar-refractivity contribution is -0.304. The molecule has 0 radical (unpaired) electrons. The van der Waals surface area contributed by atoms with Crippen molar-refractivity contribution in [1.29, 1.82) is 0 Å². The van der Waals surface area contributed by atoms with E-state index in [4.69, 9.17) is 14.6 Å². The fourth-order valence-electron chi connectivity index (χ4n) is 1.96. The lowest BCUT2D eigenvalue weighted by Crippen LogP contribution is -2.59. The van der Waals surface area contributed by atoms with Gasteiger partial charge in [-0.1, -0.05) is 30.3 Å². The predicted molar refractivity (Wildman–Crippen MR) is 65.0 cm³/mol. The van der Waals surface area contributed by atoms with E-state index < -0.39 is 37.3 Å². The van der Waals surface area contributed by atoms with E-state index >= 15 is 0 Å². The molecule has 5 atom stereocenters. The summed E-state index contributed by atoms with van der Waals surface area (Å²) in [5.41, 5.74) is 0.888. The van der Waals surface area contributed by atoms with Crippen LogP contribution in [0.3, 0.4) is 0 Å². The molecule has 2 rings (SSSR count). The Morgan fingerprint density at radius 1 is 1.00 bits per heavy atom. The molecule has 1 aromatic rings. The summed E-state index contributed by atoms with van der Waals surface area (Å²) < 4.78 is 10.6. The van der Waals surface area contributed by atoms with Crippen LogP contribution in [0, 0.1) is 0 Å². The van der Waals surface area contributed by atoms with E-state index in [0.717, 1.165) is 5.56 Å². The van der Waals surface area contributed by atoms with E-state index in [9.17, 15) is 15.3 Å². The van der Waals surface area contributed by atoms with Gasteiger partial charge in [0.15, 0.2) is 6.29 Å². The molecule has 106 valence electrons. The molecule has 1 fully saturated rings. The first kappa shape index (κ1) is 14.4. The number of hydrogen-bond donors (Lipinski definition) is 4. The third kappa shape index (κ3) is 3.30. The zero-order valence-electron chi connectivity index (χ0n) is 10.3. The fraction of sp³-hybridized carbons (Fsp3) is 0.538. The van der Waals surface area contributed by atoms with Crippen LogP contribution in [-0.4, -0.2) is 57.7 Å². The van der Waals surface area contributed by atoms with Crippen LogP contribution in [0.1, 0.15) is 5.56 Å². The summed E-state index contributed by atoms with van der Waals surface area (Å²) in [6.07, 6.45) is -6.17. The minimum atomic E-state index is -1.41. The van der Waals surface area contributed by atoms with Crippen LogP contribution in [0.15, 0.2) is 30.3 Å². The Bertz CT molecular complexity index is 382. The van der Waals surface area contributed by atoms with Crippen molar-refractivity contribution in [2.75, 3.05) is 6.61 Å². The van der Waals surface area contributed by atoms with Crippen molar-refractivity contribution in [2.45, 2.75) is 37.3 Å². The SMILES string of the molecule is OC[C@H]1O[C@H](OCc2ccccc2)[C@@H](O)[C@H](O)[C@H]1O. The first-order chi connectivity index (χ1) is 9.13. The third-order valence-electron chi connectivity index (χ3n) is 3.11. The highest BCUT2D eigenvalue weighted by molar-refractivity contribution is 5.13. The number of benzene rings is 1.